The molecule has 0 unspecified atom stereocenters. The maximum absolute atomic E-state index is 12.1. The van der Waals surface area contributed by atoms with E-state index in [0.29, 0.717) is 17.9 Å². The largest absolute Gasteiger partial charge is 0.495 e. The molecule has 28 heavy (non-hydrogen) atoms. The number of nitrogens with one attached hydrogen (secondary N) is 3. The molecule has 3 rings (SSSR count). The van der Waals surface area contributed by atoms with Crippen LogP contribution in [0.1, 0.15) is 24.0 Å². The van der Waals surface area contributed by atoms with Gasteiger partial charge in [0.1, 0.15) is 5.75 Å². The van der Waals surface area contributed by atoms with Crippen LogP contribution in [0.15, 0.2) is 48.7 Å². The zero-order chi connectivity index (χ0) is 19.9. The van der Waals surface area contributed by atoms with Gasteiger partial charge in [-0.05, 0) is 49.1 Å². The molecule has 0 aliphatic heterocycles. The van der Waals surface area contributed by atoms with E-state index in [-0.39, 0.29) is 18.4 Å². The number of carbonyl (C=O) groups is 2. The van der Waals surface area contributed by atoms with Gasteiger partial charge < -0.3 is 20.4 Å². The molecule has 0 aliphatic rings. The summed E-state index contributed by atoms with van der Waals surface area (Å²) in [4.78, 5) is 27.4. The summed E-state index contributed by atoms with van der Waals surface area (Å²) >= 11 is 0. The van der Waals surface area contributed by atoms with Crippen LogP contribution in [0.4, 0.5) is 5.69 Å². The van der Waals surface area contributed by atoms with Crippen LogP contribution < -0.4 is 15.4 Å². The van der Waals surface area contributed by atoms with Gasteiger partial charge in [-0.15, -0.1) is 0 Å². The third-order valence-corrected chi connectivity index (χ3v) is 4.60. The van der Waals surface area contributed by atoms with Crippen molar-refractivity contribution < 1.29 is 14.3 Å². The van der Waals surface area contributed by atoms with Gasteiger partial charge in [-0.2, -0.15) is 0 Å². The molecule has 0 fully saturated rings. The van der Waals surface area contributed by atoms with Crippen LogP contribution in [-0.4, -0.2) is 30.5 Å². The Morgan fingerprint density at radius 2 is 1.93 bits per heavy atom. The second kappa shape index (κ2) is 9.08. The van der Waals surface area contributed by atoms with Crippen molar-refractivity contribution in [3.05, 3.63) is 59.8 Å². The van der Waals surface area contributed by atoms with Gasteiger partial charge in [-0.3, -0.25) is 9.59 Å². The highest BCUT2D eigenvalue weighted by molar-refractivity contribution is 5.95. The summed E-state index contributed by atoms with van der Waals surface area (Å²) in [7, 11) is 1.55. The molecule has 0 atom stereocenters. The molecule has 0 aliphatic carbocycles. The fourth-order valence-electron chi connectivity index (χ4n) is 3.16. The van der Waals surface area contributed by atoms with Crippen molar-refractivity contribution in [2.24, 2.45) is 0 Å². The Morgan fingerprint density at radius 1 is 1.11 bits per heavy atom. The van der Waals surface area contributed by atoms with Crippen LogP contribution in [0.2, 0.25) is 0 Å². The van der Waals surface area contributed by atoms with E-state index in [1.54, 1.807) is 13.2 Å². The average Bonchev–Trinajstić information content (AvgIpc) is 3.10. The number of aromatic amines is 1. The highest BCUT2D eigenvalue weighted by Gasteiger charge is 2.10. The molecule has 1 aromatic heterocycles. The first kappa shape index (κ1) is 19.5. The minimum atomic E-state index is -0.283. The first-order valence-electron chi connectivity index (χ1n) is 9.33. The maximum Gasteiger partial charge on any atom is 0.243 e. The molecule has 3 aromatic rings. The van der Waals surface area contributed by atoms with Crippen molar-refractivity contribution in [2.45, 2.75) is 26.2 Å². The number of methoxy groups -OCH3 is 1. The Balaban J connectivity index is 1.43. The molecule has 6 nitrogen and oxygen atoms in total. The van der Waals surface area contributed by atoms with Crippen molar-refractivity contribution in [1.29, 1.82) is 0 Å². The Kier molecular flexibility index (Phi) is 6.32. The first-order valence-corrected chi connectivity index (χ1v) is 9.33. The lowest BCUT2D eigenvalue weighted by Crippen LogP contribution is -2.32. The van der Waals surface area contributed by atoms with Crippen molar-refractivity contribution in [1.82, 2.24) is 10.3 Å². The number of fused-ring (bicyclic) bond motifs is 1. The van der Waals surface area contributed by atoms with Crippen LogP contribution in [0.5, 0.6) is 5.75 Å². The number of para-hydroxylation sites is 1. The Morgan fingerprint density at radius 3 is 2.75 bits per heavy atom. The summed E-state index contributed by atoms with van der Waals surface area (Å²) in [6.45, 7) is 1.87. The standard InChI is InChI=1S/C22H25N3O3/c1-15-10-11-20(28-2)19(12-15)25-22(27)14-24-21(26)9-5-6-16-13-23-18-8-4-3-7-17(16)18/h3-4,7-8,10-13,23H,5-6,9,14H2,1-2H3,(H,24,26)(H,25,27). The van der Waals surface area contributed by atoms with Crippen LogP contribution in [0.25, 0.3) is 10.9 Å². The SMILES string of the molecule is COc1ccc(C)cc1NC(=O)CNC(=O)CCCc1c[nH]c2ccccc12. The normalized spacial score (nSPS) is 10.6. The average molecular weight is 379 g/mol. The molecule has 6 heteroatoms. The van der Waals surface area contributed by atoms with Gasteiger partial charge in [0.25, 0.3) is 0 Å². The lowest BCUT2D eigenvalue weighted by Gasteiger charge is -2.11. The Labute approximate surface area is 164 Å². The lowest BCUT2D eigenvalue weighted by molar-refractivity contribution is -0.124. The number of amides is 2. The number of carbonyl (C=O) groups excluding carboxylic acids is 2. The molecule has 1 heterocycles. The van der Waals surface area contributed by atoms with Gasteiger partial charge in [-0.1, -0.05) is 24.3 Å². The zero-order valence-electron chi connectivity index (χ0n) is 16.2. The highest BCUT2D eigenvalue weighted by Crippen LogP contribution is 2.25. The molecule has 0 saturated heterocycles. The van der Waals surface area contributed by atoms with Crippen molar-refractivity contribution in [3.63, 3.8) is 0 Å². The van der Waals surface area contributed by atoms with Gasteiger partial charge in [0, 0.05) is 23.5 Å². The van der Waals surface area contributed by atoms with E-state index >= 15 is 0 Å². The van der Waals surface area contributed by atoms with E-state index < -0.39 is 0 Å². The zero-order valence-corrected chi connectivity index (χ0v) is 16.2. The molecule has 0 spiro atoms. The molecule has 3 N–H and O–H groups in total. The first-order chi connectivity index (χ1) is 13.6. The lowest BCUT2D eigenvalue weighted by atomic mass is 10.1. The van der Waals surface area contributed by atoms with E-state index in [1.165, 1.54) is 10.9 Å². The summed E-state index contributed by atoms with van der Waals surface area (Å²) in [5.41, 5.74) is 3.91. The number of H-pyrrole nitrogens is 1. The number of benzene rings is 2. The number of anilines is 1. The van der Waals surface area contributed by atoms with E-state index in [4.69, 9.17) is 4.74 Å². The number of hydrogen-bond donors (Lipinski definition) is 3. The van der Waals surface area contributed by atoms with E-state index in [0.717, 1.165) is 23.9 Å². The van der Waals surface area contributed by atoms with E-state index in [2.05, 4.69) is 21.7 Å². The van der Waals surface area contributed by atoms with Crippen molar-refractivity contribution in [3.8, 4) is 5.75 Å². The minimum Gasteiger partial charge on any atom is -0.495 e. The molecule has 0 saturated carbocycles. The smallest absolute Gasteiger partial charge is 0.243 e. The molecule has 2 amide bonds. The van der Waals surface area contributed by atoms with E-state index in [9.17, 15) is 9.59 Å². The fraction of sp³-hybridized carbons (Fsp3) is 0.273. The van der Waals surface area contributed by atoms with Gasteiger partial charge in [0.05, 0.1) is 19.3 Å². The van der Waals surface area contributed by atoms with Crippen LogP contribution in [0, 0.1) is 6.92 Å². The van der Waals surface area contributed by atoms with Crippen molar-refractivity contribution in [2.75, 3.05) is 19.0 Å². The number of hydrogen-bond acceptors (Lipinski definition) is 3. The summed E-state index contributed by atoms with van der Waals surface area (Å²) in [6.07, 6.45) is 3.90. The molecule has 146 valence electrons. The predicted octanol–water partition coefficient (Wildman–Crippen LogP) is 3.56. The quantitative estimate of drug-likeness (QED) is 0.560. The van der Waals surface area contributed by atoms with E-state index in [1.807, 2.05) is 43.5 Å². The second-order valence-electron chi connectivity index (χ2n) is 6.74. The maximum atomic E-state index is 12.1. The third kappa shape index (κ3) is 4.91. The van der Waals surface area contributed by atoms with Crippen LogP contribution in [0.3, 0.4) is 0 Å². The molecule has 0 bridgehead atoms. The topological polar surface area (TPSA) is 83.2 Å². The minimum absolute atomic E-state index is 0.0665. The van der Waals surface area contributed by atoms with Crippen LogP contribution >= 0.6 is 0 Å². The van der Waals surface area contributed by atoms with Crippen molar-refractivity contribution >= 4 is 28.4 Å². The fourth-order valence-corrected chi connectivity index (χ4v) is 3.16. The van der Waals surface area contributed by atoms with Gasteiger partial charge in [0.2, 0.25) is 11.8 Å². The molecular weight excluding hydrogens is 354 g/mol. The van der Waals surface area contributed by atoms with Gasteiger partial charge in [-0.25, -0.2) is 0 Å². The summed E-state index contributed by atoms with van der Waals surface area (Å²) < 4.78 is 5.24. The Bertz CT molecular complexity index is 978. The molecule has 0 radical (unpaired) electrons. The summed E-state index contributed by atoms with van der Waals surface area (Å²) in [5, 5.41) is 6.64. The number of ether oxygens (including phenoxy) is 1. The van der Waals surface area contributed by atoms with Gasteiger partial charge in [0.15, 0.2) is 0 Å². The Hall–Kier alpha value is -3.28. The second-order valence-corrected chi connectivity index (χ2v) is 6.74. The highest BCUT2D eigenvalue weighted by atomic mass is 16.5. The predicted molar refractivity (Wildman–Crippen MR) is 111 cm³/mol. The number of rotatable bonds is 8. The summed E-state index contributed by atoms with van der Waals surface area (Å²) in [5.74, 6) is 0.170. The number of aryl methyl sites for hydroxylation is 2. The van der Waals surface area contributed by atoms with Crippen LogP contribution in [-0.2, 0) is 16.0 Å². The third-order valence-electron chi connectivity index (χ3n) is 4.60. The monoisotopic (exact) mass is 379 g/mol. The molecular formula is C22H25N3O3. The summed E-state index contributed by atoms with van der Waals surface area (Å²) in [6, 6.07) is 13.7. The number of aromatic nitrogens is 1. The molecule has 2 aromatic carbocycles. The van der Waals surface area contributed by atoms with Gasteiger partial charge >= 0.3 is 0 Å².